The predicted octanol–water partition coefficient (Wildman–Crippen LogP) is 2.43. The first-order valence-corrected chi connectivity index (χ1v) is 14.4. The van der Waals surface area contributed by atoms with E-state index in [0.29, 0.717) is 4.12 Å². The van der Waals surface area contributed by atoms with Crippen molar-refractivity contribution in [3.05, 3.63) is 0 Å². The van der Waals surface area contributed by atoms with E-state index in [2.05, 4.69) is 14.8 Å². The van der Waals surface area contributed by atoms with E-state index in [1.54, 1.807) is 0 Å². The normalized spacial score (nSPS) is 28.5. The van der Waals surface area contributed by atoms with Crippen LogP contribution in [0.5, 0.6) is 0 Å². The first kappa shape index (κ1) is 8.85. The molecule has 0 aromatic heterocycles. The molecule has 60 valence electrons. The van der Waals surface area contributed by atoms with Crippen molar-refractivity contribution in [3.63, 3.8) is 0 Å². The van der Waals surface area contributed by atoms with Gasteiger partial charge in [-0.1, -0.05) is 0 Å². The van der Waals surface area contributed by atoms with Gasteiger partial charge in [-0.2, -0.15) is 0 Å². The maximum absolute atomic E-state index is 5.74. The standard InChI is InChI=1S/C5H9O.3CH3.Sn/c1-2-4-6-5-3-1;;;;/h4H,1-3,5H2;3*1H3;. The summed E-state index contributed by atoms with van der Waals surface area (Å²) < 4.78 is 6.45. The number of ether oxygens (including phenoxy) is 1. The van der Waals surface area contributed by atoms with Crippen LogP contribution in [-0.2, 0) is 4.74 Å². The van der Waals surface area contributed by atoms with Gasteiger partial charge in [0.25, 0.3) is 0 Å². The van der Waals surface area contributed by atoms with E-state index in [1.165, 1.54) is 19.3 Å². The van der Waals surface area contributed by atoms with E-state index in [9.17, 15) is 0 Å². The quantitative estimate of drug-likeness (QED) is 0.648. The Morgan fingerprint density at radius 1 is 1.20 bits per heavy atom. The minimum absolute atomic E-state index is 0.711. The molecular formula is C8H18OSn. The van der Waals surface area contributed by atoms with Gasteiger partial charge in [0.2, 0.25) is 0 Å². The van der Waals surface area contributed by atoms with Crippen LogP contribution in [0.25, 0.3) is 0 Å². The van der Waals surface area contributed by atoms with Crippen LogP contribution in [0.3, 0.4) is 0 Å². The van der Waals surface area contributed by atoms with E-state index >= 15 is 0 Å². The van der Waals surface area contributed by atoms with Crippen molar-refractivity contribution < 1.29 is 4.74 Å². The zero-order chi connectivity index (χ0) is 7.61. The van der Waals surface area contributed by atoms with Crippen molar-refractivity contribution in [2.75, 3.05) is 6.61 Å². The van der Waals surface area contributed by atoms with Crippen LogP contribution in [0.15, 0.2) is 0 Å². The minimum atomic E-state index is -1.66. The van der Waals surface area contributed by atoms with Gasteiger partial charge in [-0.15, -0.1) is 0 Å². The van der Waals surface area contributed by atoms with Crippen molar-refractivity contribution in [2.24, 2.45) is 0 Å². The summed E-state index contributed by atoms with van der Waals surface area (Å²) >= 11 is -1.66. The zero-order valence-electron chi connectivity index (χ0n) is 7.31. The fourth-order valence-electron chi connectivity index (χ4n) is 1.42. The monoisotopic (exact) mass is 250 g/mol. The second-order valence-electron chi connectivity index (χ2n) is 4.22. The van der Waals surface area contributed by atoms with Crippen molar-refractivity contribution in [1.82, 2.24) is 0 Å². The average Bonchev–Trinajstić information content (AvgIpc) is 1.88. The van der Waals surface area contributed by atoms with Gasteiger partial charge in [0.1, 0.15) is 0 Å². The van der Waals surface area contributed by atoms with E-state index in [1.807, 2.05) is 0 Å². The molecule has 0 aromatic carbocycles. The molecule has 1 unspecified atom stereocenters. The van der Waals surface area contributed by atoms with Gasteiger partial charge >= 0.3 is 67.9 Å². The first-order chi connectivity index (χ1) is 4.61. The molecule has 1 aliphatic heterocycles. The Balaban J connectivity index is 2.39. The molecule has 2 heteroatoms. The molecule has 0 saturated carbocycles. The van der Waals surface area contributed by atoms with Crippen LogP contribution in [0.1, 0.15) is 19.3 Å². The SMILES string of the molecule is [CH3][Sn]([CH3])([CH3])[CH]1CCCCO1. The summed E-state index contributed by atoms with van der Waals surface area (Å²) in [6.45, 7) is 1.03. The summed E-state index contributed by atoms with van der Waals surface area (Å²) in [5.41, 5.74) is 0. The molecule has 1 atom stereocenters. The fourth-order valence-corrected chi connectivity index (χ4v) is 6.24. The van der Waals surface area contributed by atoms with E-state index in [4.69, 9.17) is 4.74 Å². The molecule has 0 aromatic rings. The van der Waals surface area contributed by atoms with Crippen LogP contribution in [0.4, 0.5) is 0 Å². The molecule has 0 spiro atoms. The summed E-state index contributed by atoms with van der Waals surface area (Å²) in [5.74, 6) is 0. The van der Waals surface area contributed by atoms with Gasteiger partial charge in [-0.25, -0.2) is 0 Å². The molecule has 10 heavy (non-hydrogen) atoms. The second-order valence-corrected chi connectivity index (χ2v) is 19.6. The maximum atomic E-state index is 5.74. The van der Waals surface area contributed by atoms with Crippen LogP contribution in [-0.4, -0.2) is 29.1 Å². The topological polar surface area (TPSA) is 9.23 Å². The van der Waals surface area contributed by atoms with Gasteiger partial charge < -0.3 is 0 Å². The van der Waals surface area contributed by atoms with Crippen molar-refractivity contribution >= 4 is 18.4 Å². The van der Waals surface area contributed by atoms with Crippen LogP contribution in [0.2, 0.25) is 14.8 Å². The molecular weight excluding hydrogens is 231 g/mol. The van der Waals surface area contributed by atoms with Crippen LogP contribution < -0.4 is 0 Å². The Morgan fingerprint density at radius 3 is 2.20 bits per heavy atom. The van der Waals surface area contributed by atoms with Crippen molar-refractivity contribution in [3.8, 4) is 0 Å². The third kappa shape index (κ3) is 2.42. The second kappa shape index (κ2) is 3.44. The summed E-state index contributed by atoms with van der Waals surface area (Å²) in [6.07, 6.45) is 4.04. The molecule has 0 amide bonds. The zero-order valence-corrected chi connectivity index (χ0v) is 10.2. The molecule has 1 aliphatic rings. The molecule has 1 rings (SSSR count). The number of hydrogen-bond acceptors (Lipinski definition) is 1. The summed E-state index contributed by atoms with van der Waals surface area (Å²) in [4.78, 5) is 7.39. The first-order valence-electron chi connectivity index (χ1n) is 4.22. The third-order valence-electron chi connectivity index (χ3n) is 2.15. The van der Waals surface area contributed by atoms with Crippen LogP contribution in [0, 0.1) is 0 Å². The molecule has 1 nitrogen and oxygen atoms in total. The van der Waals surface area contributed by atoms with Crippen molar-refractivity contribution in [1.29, 1.82) is 0 Å². The molecule has 1 saturated heterocycles. The molecule has 0 N–H and O–H groups in total. The van der Waals surface area contributed by atoms with Crippen LogP contribution >= 0.6 is 0 Å². The van der Waals surface area contributed by atoms with E-state index in [-0.39, 0.29) is 0 Å². The molecule has 0 radical (unpaired) electrons. The average molecular weight is 249 g/mol. The van der Waals surface area contributed by atoms with Gasteiger partial charge in [-0.3, -0.25) is 0 Å². The Hall–Kier alpha value is 0.759. The Labute approximate surface area is 68.0 Å². The van der Waals surface area contributed by atoms with Gasteiger partial charge in [0, 0.05) is 0 Å². The summed E-state index contributed by atoms with van der Waals surface area (Å²) in [6, 6.07) is 0. The Kier molecular flexibility index (Phi) is 3.04. The molecule has 1 fully saturated rings. The van der Waals surface area contributed by atoms with Gasteiger partial charge in [0.15, 0.2) is 0 Å². The van der Waals surface area contributed by atoms with E-state index in [0.717, 1.165) is 6.61 Å². The predicted molar refractivity (Wildman–Crippen MR) is 46.9 cm³/mol. The fraction of sp³-hybridized carbons (Fsp3) is 1.00. The number of hydrogen-bond donors (Lipinski definition) is 0. The van der Waals surface area contributed by atoms with Gasteiger partial charge in [-0.05, 0) is 0 Å². The summed E-state index contributed by atoms with van der Waals surface area (Å²) in [7, 11) is 0. The molecule has 0 aliphatic carbocycles. The van der Waals surface area contributed by atoms with Crippen molar-refractivity contribution in [2.45, 2.75) is 38.2 Å². The molecule has 0 bridgehead atoms. The Morgan fingerprint density at radius 2 is 1.90 bits per heavy atom. The third-order valence-corrected chi connectivity index (χ3v) is 8.96. The number of rotatable bonds is 1. The van der Waals surface area contributed by atoms with Gasteiger partial charge in [0.05, 0.1) is 0 Å². The summed E-state index contributed by atoms with van der Waals surface area (Å²) in [5, 5.41) is 0. The molecule has 1 heterocycles. The Bertz CT molecular complexity index is 100. The van der Waals surface area contributed by atoms with E-state index < -0.39 is 18.4 Å².